The third-order valence-electron chi connectivity index (χ3n) is 4.66. The molecular weight excluding hydrogens is 348 g/mol. The van der Waals surface area contributed by atoms with Gasteiger partial charge in [-0.2, -0.15) is 0 Å². The molecule has 7 heteroatoms. The van der Waals surface area contributed by atoms with E-state index in [-0.39, 0.29) is 12.3 Å². The van der Waals surface area contributed by atoms with Gasteiger partial charge in [0.1, 0.15) is 17.0 Å². The first-order chi connectivity index (χ1) is 12.9. The number of imide groups is 1. The summed E-state index contributed by atoms with van der Waals surface area (Å²) >= 11 is 0. The molecule has 2 aromatic carbocycles. The third-order valence-corrected chi connectivity index (χ3v) is 4.66. The van der Waals surface area contributed by atoms with Crippen molar-refractivity contribution in [3.63, 3.8) is 0 Å². The van der Waals surface area contributed by atoms with Crippen molar-refractivity contribution < 1.29 is 23.9 Å². The molecule has 27 heavy (non-hydrogen) atoms. The number of urea groups is 1. The smallest absolute Gasteiger partial charge is 0.325 e. The molecule has 1 heterocycles. The Hall–Kier alpha value is -3.35. The van der Waals surface area contributed by atoms with E-state index >= 15 is 0 Å². The zero-order valence-corrected chi connectivity index (χ0v) is 15.3. The number of ether oxygens (including phenoxy) is 2. The molecule has 1 saturated heterocycles. The molecule has 0 aromatic heterocycles. The van der Waals surface area contributed by atoms with Crippen LogP contribution in [0.4, 0.5) is 4.79 Å². The van der Waals surface area contributed by atoms with E-state index < -0.39 is 17.5 Å². The number of rotatable bonds is 6. The fraction of sp³-hybridized carbons (Fsp3) is 0.250. The molecule has 0 aliphatic carbocycles. The molecule has 1 unspecified atom stereocenters. The molecule has 7 nitrogen and oxygen atoms in total. The maximum absolute atomic E-state index is 12.9. The highest BCUT2D eigenvalue weighted by atomic mass is 16.5. The fourth-order valence-corrected chi connectivity index (χ4v) is 2.97. The van der Waals surface area contributed by atoms with E-state index in [0.29, 0.717) is 22.6 Å². The van der Waals surface area contributed by atoms with Gasteiger partial charge in [-0.1, -0.05) is 12.1 Å². The van der Waals surface area contributed by atoms with E-state index in [1.807, 2.05) is 0 Å². The molecule has 0 saturated carbocycles. The summed E-state index contributed by atoms with van der Waals surface area (Å²) in [5, 5.41) is 2.68. The summed E-state index contributed by atoms with van der Waals surface area (Å²) in [7, 11) is 3.08. The van der Waals surface area contributed by atoms with Gasteiger partial charge in [-0.05, 0) is 48.9 Å². The lowest BCUT2D eigenvalue weighted by Gasteiger charge is -2.22. The molecule has 3 amide bonds. The second-order valence-electron chi connectivity index (χ2n) is 6.33. The van der Waals surface area contributed by atoms with Crippen molar-refractivity contribution >= 4 is 17.7 Å². The van der Waals surface area contributed by atoms with Gasteiger partial charge in [0, 0.05) is 5.56 Å². The first-order valence-electron chi connectivity index (χ1n) is 8.35. The molecule has 1 N–H and O–H groups in total. The molecule has 3 rings (SSSR count). The first-order valence-corrected chi connectivity index (χ1v) is 8.35. The predicted octanol–water partition coefficient (Wildman–Crippen LogP) is 2.35. The van der Waals surface area contributed by atoms with Gasteiger partial charge in [0.15, 0.2) is 5.78 Å². The topological polar surface area (TPSA) is 84.9 Å². The van der Waals surface area contributed by atoms with E-state index in [2.05, 4.69) is 5.32 Å². The Balaban J connectivity index is 1.79. The third kappa shape index (κ3) is 3.36. The molecule has 0 bridgehead atoms. The number of benzene rings is 2. The Morgan fingerprint density at radius 1 is 0.963 bits per heavy atom. The summed E-state index contributed by atoms with van der Waals surface area (Å²) in [6.45, 7) is 1.29. The molecule has 0 spiro atoms. The Morgan fingerprint density at radius 2 is 1.48 bits per heavy atom. The quantitative estimate of drug-likeness (QED) is 0.625. The number of hydrogen-bond acceptors (Lipinski definition) is 5. The van der Waals surface area contributed by atoms with Gasteiger partial charge >= 0.3 is 6.03 Å². The van der Waals surface area contributed by atoms with E-state index in [4.69, 9.17) is 9.47 Å². The highest BCUT2D eigenvalue weighted by Gasteiger charge is 2.49. The van der Waals surface area contributed by atoms with E-state index in [0.717, 1.165) is 4.90 Å². The minimum atomic E-state index is -1.23. The van der Waals surface area contributed by atoms with E-state index in [1.165, 1.54) is 7.11 Å². The molecule has 1 aliphatic rings. The molecule has 2 aromatic rings. The average molecular weight is 368 g/mol. The molecule has 1 fully saturated rings. The van der Waals surface area contributed by atoms with E-state index in [9.17, 15) is 14.4 Å². The zero-order chi connectivity index (χ0) is 19.6. The summed E-state index contributed by atoms with van der Waals surface area (Å²) in [6, 6.07) is 12.8. The lowest BCUT2D eigenvalue weighted by Crippen LogP contribution is -2.41. The largest absolute Gasteiger partial charge is 0.497 e. The second-order valence-corrected chi connectivity index (χ2v) is 6.33. The Bertz CT molecular complexity index is 876. The number of amides is 3. The van der Waals surface area contributed by atoms with Gasteiger partial charge in [0.25, 0.3) is 5.91 Å². The van der Waals surface area contributed by atoms with Crippen LogP contribution in [0.15, 0.2) is 48.5 Å². The van der Waals surface area contributed by atoms with Gasteiger partial charge in [-0.25, -0.2) is 4.79 Å². The van der Waals surface area contributed by atoms with Crippen molar-refractivity contribution in [2.45, 2.75) is 12.5 Å². The summed E-state index contributed by atoms with van der Waals surface area (Å²) in [4.78, 5) is 38.7. The van der Waals surface area contributed by atoms with Crippen molar-refractivity contribution in [2.75, 3.05) is 20.8 Å². The Morgan fingerprint density at radius 3 is 2.00 bits per heavy atom. The number of ketones is 1. The highest BCUT2D eigenvalue weighted by Crippen LogP contribution is 2.30. The van der Waals surface area contributed by atoms with Gasteiger partial charge in [-0.15, -0.1) is 0 Å². The normalized spacial score (nSPS) is 19.0. The molecular formula is C20H20N2O5. The van der Waals surface area contributed by atoms with Crippen LogP contribution in [0.25, 0.3) is 0 Å². The number of hydrogen-bond donors (Lipinski definition) is 1. The maximum atomic E-state index is 12.9. The Kier molecular flexibility index (Phi) is 4.85. The summed E-state index contributed by atoms with van der Waals surface area (Å²) in [5.41, 5.74) is -0.223. The minimum absolute atomic E-state index is 0.331. The van der Waals surface area contributed by atoms with Gasteiger partial charge < -0.3 is 14.8 Å². The summed E-state index contributed by atoms with van der Waals surface area (Å²) in [6.07, 6.45) is 0. The van der Waals surface area contributed by atoms with Crippen molar-refractivity contribution in [3.05, 3.63) is 59.7 Å². The predicted molar refractivity (Wildman–Crippen MR) is 97.9 cm³/mol. The SMILES string of the molecule is COc1ccc(C(=O)CN2C(=O)NC(C)(c3ccc(OC)cc3)C2=O)cc1. The number of Topliss-reactive ketones (excluding diaryl/α,β-unsaturated/α-hetero) is 1. The number of nitrogens with one attached hydrogen (secondary N) is 1. The van der Waals surface area contributed by atoms with Crippen LogP contribution in [0, 0.1) is 0 Å². The van der Waals surface area contributed by atoms with Crippen molar-refractivity contribution in [3.8, 4) is 11.5 Å². The number of nitrogens with zero attached hydrogens (tertiary/aromatic N) is 1. The lowest BCUT2D eigenvalue weighted by molar-refractivity contribution is -0.130. The molecule has 140 valence electrons. The van der Waals surface area contributed by atoms with Crippen LogP contribution in [0.1, 0.15) is 22.8 Å². The van der Waals surface area contributed by atoms with Crippen LogP contribution in [0.2, 0.25) is 0 Å². The van der Waals surface area contributed by atoms with Crippen LogP contribution in [0.5, 0.6) is 11.5 Å². The molecule has 1 aliphatic heterocycles. The fourth-order valence-electron chi connectivity index (χ4n) is 2.97. The van der Waals surface area contributed by atoms with Crippen LogP contribution < -0.4 is 14.8 Å². The van der Waals surface area contributed by atoms with Crippen LogP contribution in [-0.4, -0.2) is 43.4 Å². The van der Waals surface area contributed by atoms with Crippen LogP contribution in [0.3, 0.4) is 0 Å². The van der Waals surface area contributed by atoms with Crippen LogP contribution in [-0.2, 0) is 10.3 Å². The number of carbonyl (C=O) groups is 3. The summed E-state index contributed by atoms with van der Waals surface area (Å²) in [5.74, 6) is 0.457. The highest BCUT2D eigenvalue weighted by molar-refractivity contribution is 6.11. The molecule has 1 atom stereocenters. The van der Waals surface area contributed by atoms with Gasteiger partial charge in [0.2, 0.25) is 0 Å². The maximum Gasteiger partial charge on any atom is 0.325 e. The zero-order valence-electron chi connectivity index (χ0n) is 15.3. The number of methoxy groups -OCH3 is 2. The standard InChI is InChI=1S/C20H20N2O5/c1-20(14-6-10-16(27-3)11-7-14)18(24)22(19(25)21-20)12-17(23)13-4-8-15(26-2)9-5-13/h4-11H,12H2,1-3H3,(H,21,25). The molecule has 0 radical (unpaired) electrons. The van der Waals surface area contributed by atoms with Crippen molar-refractivity contribution in [1.82, 2.24) is 10.2 Å². The summed E-state index contributed by atoms with van der Waals surface area (Å²) < 4.78 is 10.2. The minimum Gasteiger partial charge on any atom is -0.497 e. The van der Waals surface area contributed by atoms with Gasteiger partial charge in [-0.3, -0.25) is 14.5 Å². The Labute approximate surface area is 156 Å². The van der Waals surface area contributed by atoms with Crippen LogP contribution >= 0.6 is 0 Å². The van der Waals surface area contributed by atoms with Crippen molar-refractivity contribution in [1.29, 1.82) is 0 Å². The first kappa shape index (κ1) is 18.4. The average Bonchev–Trinajstić information content (AvgIpc) is 2.92. The lowest BCUT2D eigenvalue weighted by atomic mass is 9.92. The monoisotopic (exact) mass is 368 g/mol. The van der Waals surface area contributed by atoms with E-state index in [1.54, 1.807) is 62.6 Å². The second kappa shape index (κ2) is 7.11. The van der Waals surface area contributed by atoms with Crippen molar-refractivity contribution in [2.24, 2.45) is 0 Å². The number of carbonyl (C=O) groups excluding carboxylic acids is 3. The van der Waals surface area contributed by atoms with Gasteiger partial charge in [0.05, 0.1) is 20.8 Å².